The second-order valence-corrected chi connectivity index (χ2v) is 20.9. The number of hydrogen-bond acceptors (Lipinski definition) is 24. The fraction of sp³-hybridized carbons (Fsp3) is 0.0769. The average Bonchev–Trinajstić information content (AvgIpc) is 0.808. The van der Waals surface area contributed by atoms with Gasteiger partial charge in [-0.2, -0.15) is 59.9 Å². The first-order chi connectivity index (χ1) is 50.0. The summed E-state index contributed by atoms with van der Waals surface area (Å²) < 4.78 is 0. The lowest BCUT2D eigenvalue weighted by atomic mass is 9.85. The van der Waals surface area contributed by atoms with E-state index < -0.39 is 6.04 Å². The fourth-order valence-corrected chi connectivity index (χ4v) is 10.2. The number of isocyanates is 12. The molecule has 0 amide bonds. The van der Waals surface area contributed by atoms with Crippen LogP contribution in [0.15, 0.2) is 296 Å². The summed E-state index contributed by atoms with van der Waals surface area (Å²) in [5.41, 5.74) is 14.0. The van der Waals surface area contributed by atoms with Crippen molar-refractivity contribution in [3.05, 3.63) is 292 Å². The summed E-state index contributed by atoms with van der Waals surface area (Å²) in [6, 6.07) is 69.2. The maximum absolute atomic E-state index is 10.7. The van der Waals surface area contributed by atoms with Crippen LogP contribution in [0.2, 0.25) is 0 Å². The molecule has 24 heteroatoms. The Bertz CT molecular complexity index is 4850. The van der Waals surface area contributed by atoms with E-state index in [0.29, 0.717) is 57.5 Å². The van der Waals surface area contributed by atoms with Gasteiger partial charge in [-0.15, -0.1) is 0 Å². The Morgan fingerprint density at radius 1 is 0.235 bits per heavy atom. The molecule has 0 spiro atoms. The van der Waals surface area contributed by atoms with E-state index in [4.69, 9.17) is 0 Å². The molecular weight excluding hydrogens is 1300 g/mol. The molecule has 0 N–H and O–H groups in total. The minimum Gasteiger partial charge on any atom is -0.211 e. The molecule has 0 atom stereocenters. The summed E-state index contributed by atoms with van der Waals surface area (Å²) in [7, 11) is 0. The van der Waals surface area contributed by atoms with Crippen LogP contribution >= 0.6 is 0 Å². The van der Waals surface area contributed by atoms with Crippen LogP contribution in [0, 0.1) is 0 Å². The first kappa shape index (κ1) is 74.2. The van der Waals surface area contributed by atoms with E-state index in [2.05, 4.69) is 59.9 Å². The second-order valence-electron chi connectivity index (χ2n) is 20.9. The Morgan fingerprint density at radius 2 is 0.490 bits per heavy atom. The molecular formula is C78H48N12O12. The lowest BCUT2D eigenvalue weighted by Gasteiger charge is -2.19. The molecule has 0 aliphatic heterocycles. The maximum atomic E-state index is 10.7. The molecule has 0 aliphatic rings. The predicted octanol–water partition coefficient (Wildman–Crippen LogP) is 16.2. The summed E-state index contributed by atoms with van der Waals surface area (Å²) in [5.74, 6) is 0.0258. The van der Waals surface area contributed by atoms with Crippen LogP contribution in [0.4, 0.5) is 62.6 Å². The highest BCUT2D eigenvalue weighted by atomic mass is 16.1. The van der Waals surface area contributed by atoms with E-state index in [9.17, 15) is 57.5 Å². The maximum Gasteiger partial charge on any atom is 0.240 e. The summed E-state index contributed by atoms with van der Waals surface area (Å²) in [6.07, 6.45) is 19.8. The Labute approximate surface area is 579 Å². The predicted molar refractivity (Wildman–Crippen MR) is 374 cm³/mol. The quantitative estimate of drug-likeness (QED) is 0.0309. The normalized spacial score (nSPS) is 10.4. The molecule has 10 rings (SSSR count). The molecule has 0 aliphatic carbocycles. The molecule has 0 saturated heterocycles. The highest BCUT2D eigenvalue weighted by molar-refractivity contribution is 5.73. The van der Waals surface area contributed by atoms with Gasteiger partial charge in [0, 0.05) is 17.9 Å². The third-order valence-electron chi connectivity index (χ3n) is 14.8. The van der Waals surface area contributed by atoms with Crippen LogP contribution in [-0.4, -0.2) is 73.0 Å². The molecule has 0 heterocycles. The highest BCUT2D eigenvalue weighted by Gasteiger charge is 2.19. The van der Waals surface area contributed by atoms with Gasteiger partial charge in [0.25, 0.3) is 0 Å². The topological polar surface area (TPSA) is 353 Å². The Balaban J connectivity index is 0.000000192. The molecule has 0 fully saturated rings. The standard InChI is InChI=1S/C24H17N3O3.C22H13N3O3.2C16H9N3O3/c28-15-25-22-7-1-18(2-8-22)13-21(20-5-11-24(12-6-20)27-17-30)14-19-3-9-23(10-4-19)26-16-29;26-13-23-19-7-1-16(2-8-19)22(17-3-9-20(10-4-17)24-14-27)18-5-11-21(12-6-18)25-15-28;20-9-17-14-5-1-12(2-6-14)16(19-11-22)13-3-7-15(8-4-13)18-10-21;20-9-17-13-7-15(18-10-21)14(16(8-13)19-11-22)6-12-4-2-1-3-5-12/h1-12,21H,13-14H2;1-12,22H;1-8,16H;1-5,7-8H,6H2. The van der Waals surface area contributed by atoms with Gasteiger partial charge in [0.2, 0.25) is 73.0 Å². The van der Waals surface area contributed by atoms with Crippen molar-refractivity contribution in [2.45, 2.75) is 37.1 Å². The zero-order valence-electron chi connectivity index (χ0n) is 53.1. The molecule has 0 aromatic heterocycles. The SMILES string of the molecule is O=C=Nc1cc(N=C=O)c(Cc2ccccc2)c(N=C=O)c1.O=C=Nc1ccc(C(N=C=O)c2ccc(N=C=O)cc2)cc1.O=C=Nc1ccc(C(c2ccc(N=C=O)cc2)c2ccc(N=C=O)cc2)cc1.O=C=Nc1ccc(CC(Cc2ccc(N=C=O)cc2)c2ccc(N=C=O)cc2)cc1. The van der Waals surface area contributed by atoms with E-state index in [0.717, 1.165) is 62.9 Å². The van der Waals surface area contributed by atoms with Crippen molar-refractivity contribution in [1.29, 1.82) is 0 Å². The van der Waals surface area contributed by atoms with E-state index >= 15 is 0 Å². The monoisotopic (exact) mass is 1340 g/mol. The van der Waals surface area contributed by atoms with Crippen molar-refractivity contribution < 1.29 is 57.5 Å². The molecule has 492 valence electrons. The van der Waals surface area contributed by atoms with Crippen molar-refractivity contribution in [2.24, 2.45) is 59.9 Å². The molecule has 0 bridgehead atoms. The van der Waals surface area contributed by atoms with E-state index in [1.54, 1.807) is 133 Å². The Hall–Kier alpha value is -15.2. The number of benzene rings is 10. The van der Waals surface area contributed by atoms with Crippen LogP contribution in [0.25, 0.3) is 0 Å². The van der Waals surface area contributed by atoms with Gasteiger partial charge < -0.3 is 0 Å². The number of aliphatic imine (C=N–C) groups is 12. The Kier molecular flexibility index (Phi) is 29.7. The first-order valence-corrected chi connectivity index (χ1v) is 29.9. The van der Waals surface area contributed by atoms with E-state index in [-0.39, 0.29) is 28.9 Å². The van der Waals surface area contributed by atoms with E-state index in [1.165, 1.54) is 72.9 Å². The van der Waals surface area contributed by atoms with Crippen LogP contribution in [0.5, 0.6) is 0 Å². The van der Waals surface area contributed by atoms with Crippen molar-refractivity contribution in [1.82, 2.24) is 0 Å². The van der Waals surface area contributed by atoms with Crippen molar-refractivity contribution in [3.8, 4) is 0 Å². The number of carbonyl (C=O) groups excluding carboxylic acids is 12. The molecule has 10 aromatic rings. The van der Waals surface area contributed by atoms with Crippen LogP contribution in [0.3, 0.4) is 0 Å². The van der Waals surface area contributed by atoms with Gasteiger partial charge in [-0.25, -0.2) is 57.5 Å². The number of hydrogen-bond donors (Lipinski definition) is 0. The van der Waals surface area contributed by atoms with E-state index in [1.807, 2.05) is 103 Å². The largest absolute Gasteiger partial charge is 0.240 e. The lowest BCUT2D eigenvalue weighted by Crippen LogP contribution is -2.07. The van der Waals surface area contributed by atoms with Crippen LogP contribution in [-0.2, 0) is 76.8 Å². The molecule has 10 aromatic carbocycles. The third-order valence-corrected chi connectivity index (χ3v) is 14.8. The van der Waals surface area contributed by atoms with Gasteiger partial charge in [-0.3, -0.25) is 0 Å². The van der Waals surface area contributed by atoms with Gasteiger partial charge in [-0.05, 0) is 178 Å². The Morgan fingerprint density at radius 3 is 0.765 bits per heavy atom. The number of nitrogens with zero attached hydrogens (tertiary/aromatic N) is 12. The van der Waals surface area contributed by atoms with Crippen molar-refractivity contribution in [2.75, 3.05) is 0 Å². The summed E-state index contributed by atoms with van der Waals surface area (Å²) in [6.45, 7) is 0. The van der Waals surface area contributed by atoms with Gasteiger partial charge >= 0.3 is 0 Å². The summed E-state index contributed by atoms with van der Waals surface area (Å²) >= 11 is 0. The lowest BCUT2D eigenvalue weighted by molar-refractivity contribution is 0.560. The van der Waals surface area contributed by atoms with Gasteiger partial charge in [0.15, 0.2) is 0 Å². The van der Waals surface area contributed by atoms with Crippen LogP contribution < -0.4 is 0 Å². The first-order valence-electron chi connectivity index (χ1n) is 29.9. The van der Waals surface area contributed by atoms with Crippen molar-refractivity contribution in [3.63, 3.8) is 0 Å². The fourth-order valence-electron chi connectivity index (χ4n) is 10.2. The zero-order valence-corrected chi connectivity index (χ0v) is 53.1. The summed E-state index contributed by atoms with van der Waals surface area (Å²) in [5, 5.41) is 0. The minimum absolute atomic E-state index is 0.127. The van der Waals surface area contributed by atoms with Gasteiger partial charge in [0.05, 0.1) is 62.6 Å². The smallest absolute Gasteiger partial charge is 0.211 e. The van der Waals surface area contributed by atoms with Crippen LogP contribution in [0.1, 0.15) is 73.5 Å². The minimum atomic E-state index is -0.541. The number of rotatable bonds is 24. The molecule has 102 heavy (non-hydrogen) atoms. The zero-order chi connectivity index (χ0) is 72.5. The van der Waals surface area contributed by atoms with Gasteiger partial charge in [0.1, 0.15) is 6.04 Å². The second kappa shape index (κ2) is 40.9. The third kappa shape index (κ3) is 23.0. The summed E-state index contributed by atoms with van der Waals surface area (Å²) in [4.78, 5) is 168. The highest BCUT2D eigenvalue weighted by Crippen LogP contribution is 2.38. The molecule has 0 unspecified atom stereocenters. The van der Waals surface area contributed by atoms with Crippen molar-refractivity contribution >= 4 is 136 Å². The molecule has 0 saturated carbocycles. The average molecular weight is 1350 g/mol. The van der Waals surface area contributed by atoms with Gasteiger partial charge in [-0.1, -0.05) is 127 Å². The molecule has 24 nitrogen and oxygen atoms in total. The molecule has 0 radical (unpaired) electrons.